The number of carbonyl (C=O) groups excluding carboxylic acids is 3. The number of carbonyl (C=O) groups is 3. The third-order valence-corrected chi connectivity index (χ3v) is 3.25. The van der Waals surface area contributed by atoms with Crippen molar-refractivity contribution >= 4 is 17.8 Å². The summed E-state index contributed by atoms with van der Waals surface area (Å²) in [6, 6.07) is 0. The number of nitrogens with zero attached hydrogens (tertiary/aromatic N) is 1. The van der Waals surface area contributed by atoms with E-state index in [1.807, 2.05) is 0 Å². The number of piperidine rings is 1. The SMILES string of the molecule is CCC1(C(=O)[O-])CN(C(=O)OC(C)(C)C)CCC1=O. The molecule has 0 N–H and O–H groups in total. The van der Waals surface area contributed by atoms with Crippen LogP contribution in [0.4, 0.5) is 4.79 Å². The number of aliphatic carboxylic acids is 1. The zero-order valence-corrected chi connectivity index (χ0v) is 11.8. The molecule has 108 valence electrons. The predicted octanol–water partition coefficient (Wildman–Crippen LogP) is 0.343. The lowest BCUT2D eigenvalue weighted by Gasteiger charge is -2.41. The lowest BCUT2D eigenvalue weighted by Crippen LogP contribution is -2.59. The van der Waals surface area contributed by atoms with Gasteiger partial charge in [-0.2, -0.15) is 0 Å². The fraction of sp³-hybridized carbons (Fsp3) is 0.769. The molecule has 0 saturated carbocycles. The maximum absolute atomic E-state index is 11.9. The molecule has 0 aliphatic carbocycles. The summed E-state index contributed by atoms with van der Waals surface area (Å²) in [5.41, 5.74) is -2.26. The van der Waals surface area contributed by atoms with Gasteiger partial charge in [-0.25, -0.2) is 4.79 Å². The van der Waals surface area contributed by atoms with Crippen LogP contribution in [0.25, 0.3) is 0 Å². The van der Waals surface area contributed by atoms with Crippen LogP contribution >= 0.6 is 0 Å². The Kier molecular flexibility index (Phi) is 4.22. The van der Waals surface area contributed by atoms with Crippen molar-refractivity contribution in [3.05, 3.63) is 0 Å². The van der Waals surface area contributed by atoms with Gasteiger partial charge in [-0.05, 0) is 27.2 Å². The summed E-state index contributed by atoms with van der Waals surface area (Å²) < 4.78 is 5.19. The summed E-state index contributed by atoms with van der Waals surface area (Å²) in [5.74, 6) is -1.80. The molecule has 1 fully saturated rings. The molecule has 1 heterocycles. The number of Topliss-reactive ketones (excluding diaryl/α,β-unsaturated/α-hetero) is 1. The van der Waals surface area contributed by atoms with E-state index in [9.17, 15) is 19.5 Å². The molecule has 0 aromatic heterocycles. The van der Waals surface area contributed by atoms with Gasteiger partial charge < -0.3 is 19.5 Å². The molecule has 6 heteroatoms. The van der Waals surface area contributed by atoms with Crippen molar-refractivity contribution in [3.63, 3.8) is 0 Å². The van der Waals surface area contributed by atoms with Gasteiger partial charge in [0.2, 0.25) is 0 Å². The van der Waals surface area contributed by atoms with Gasteiger partial charge in [-0.15, -0.1) is 0 Å². The second-order valence-electron chi connectivity index (χ2n) is 5.80. The van der Waals surface area contributed by atoms with Crippen LogP contribution in [0.15, 0.2) is 0 Å². The van der Waals surface area contributed by atoms with Crippen molar-refractivity contribution in [3.8, 4) is 0 Å². The second kappa shape index (κ2) is 5.19. The summed E-state index contributed by atoms with van der Waals surface area (Å²) in [5, 5.41) is 11.3. The number of hydrogen-bond acceptors (Lipinski definition) is 5. The Labute approximate surface area is 112 Å². The Morgan fingerprint density at radius 2 is 2.00 bits per heavy atom. The third kappa shape index (κ3) is 3.24. The van der Waals surface area contributed by atoms with E-state index in [-0.39, 0.29) is 31.7 Å². The molecule has 6 nitrogen and oxygen atoms in total. The van der Waals surface area contributed by atoms with Crippen molar-refractivity contribution in [2.45, 2.75) is 46.1 Å². The zero-order chi connectivity index (χ0) is 14.8. The minimum Gasteiger partial charge on any atom is -0.549 e. The van der Waals surface area contributed by atoms with Crippen molar-refractivity contribution in [2.24, 2.45) is 5.41 Å². The Bertz CT molecular complexity index is 398. The Hall–Kier alpha value is -1.59. The van der Waals surface area contributed by atoms with E-state index in [2.05, 4.69) is 0 Å². The Morgan fingerprint density at radius 1 is 1.42 bits per heavy atom. The molecule has 0 radical (unpaired) electrons. The van der Waals surface area contributed by atoms with Gasteiger partial charge in [0.1, 0.15) is 11.4 Å². The van der Waals surface area contributed by atoms with Gasteiger partial charge in [0.15, 0.2) is 0 Å². The first-order valence-electron chi connectivity index (χ1n) is 6.35. The predicted molar refractivity (Wildman–Crippen MR) is 65.2 cm³/mol. The third-order valence-electron chi connectivity index (χ3n) is 3.25. The van der Waals surface area contributed by atoms with E-state index in [1.54, 1.807) is 27.7 Å². The summed E-state index contributed by atoms with van der Waals surface area (Å²) in [4.78, 5) is 36.3. The summed E-state index contributed by atoms with van der Waals surface area (Å²) in [7, 11) is 0. The lowest BCUT2D eigenvalue weighted by atomic mass is 9.76. The first-order valence-corrected chi connectivity index (χ1v) is 6.35. The van der Waals surface area contributed by atoms with Crippen LogP contribution in [0.3, 0.4) is 0 Å². The van der Waals surface area contributed by atoms with Gasteiger partial charge in [0.05, 0.1) is 11.4 Å². The smallest absolute Gasteiger partial charge is 0.410 e. The first kappa shape index (κ1) is 15.5. The molecule has 1 amide bonds. The normalized spacial score (nSPS) is 24.2. The van der Waals surface area contributed by atoms with E-state index in [0.717, 1.165) is 0 Å². The minimum absolute atomic E-state index is 0.0149. The average molecular weight is 270 g/mol. The quantitative estimate of drug-likeness (QED) is 0.675. The first-order chi connectivity index (χ1) is 8.62. The van der Waals surface area contributed by atoms with Crippen molar-refractivity contribution < 1.29 is 24.2 Å². The van der Waals surface area contributed by atoms with Crippen molar-refractivity contribution in [2.75, 3.05) is 13.1 Å². The molecular formula is C13H20NO5-. The minimum atomic E-state index is -1.60. The van der Waals surface area contributed by atoms with Crippen LogP contribution in [0.5, 0.6) is 0 Å². The number of rotatable bonds is 2. The molecular weight excluding hydrogens is 250 g/mol. The summed E-state index contributed by atoms with van der Waals surface area (Å²) >= 11 is 0. The lowest BCUT2D eigenvalue weighted by molar-refractivity contribution is -0.318. The fourth-order valence-electron chi connectivity index (χ4n) is 2.08. The van der Waals surface area contributed by atoms with Gasteiger partial charge >= 0.3 is 6.09 Å². The van der Waals surface area contributed by atoms with Crippen molar-refractivity contribution in [1.29, 1.82) is 0 Å². The van der Waals surface area contributed by atoms with Crippen LogP contribution in [0.2, 0.25) is 0 Å². The average Bonchev–Trinajstić information content (AvgIpc) is 2.27. The van der Waals surface area contributed by atoms with Gasteiger partial charge in [-0.3, -0.25) is 4.79 Å². The molecule has 1 rings (SSSR count). The maximum atomic E-state index is 11.9. The molecule has 1 unspecified atom stereocenters. The zero-order valence-electron chi connectivity index (χ0n) is 11.8. The van der Waals surface area contributed by atoms with Gasteiger partial charge in [0, 0.05) is 19.5 Å². The van der Waals surface area contributed by atoms with E-state index < -0.39 is 23.1 Å². The molecule has 1 atom stereocenters. The molecule has 0 aromatic rings. The van der Waals surface area contributed by atoms with Gasteiger partial charge in [-0.1, -0.05) is 6.92 Å². The highest BCUT2D eigenvalue weighted by atomic mass is 16.6. The standard InChI is InChI=1S/C13H21NO5/c1-5-13(10(16)17)8-14(7-6-9(13)15)11(18)19-12(2,3)4/h5-8H2,1-4H3,(H,16,17)/p-1. The van der Waals surface area contributed by atoms with E-state index in [0.29, 0.717) is 0 Å². The number of hydrogen-bond donors (Lipinski definition) is 0. The van der Waals surface area contributed by atoms with Gasteiger partial charge in [0.25, 0.3) is 0 Å². The molecule has 1 aliphatic rings. The fourth-order valence-corrected chi connectivity index (χ4v) is 2.08. The molecule has 0 aromatic carbocycles. The summed E-state index contributed by atoms with van der Waals surface area (Å²) in [6.07, 6.45) is -0.479. The number of amides is 1. The van der Waals surface area contributed by atoms with E-state index in [1.165, 1.54) is 4.90 Å². The maximum Gasteiger partial charge on any atom is 0.410 e. The molecule has 1 saturated heterocycles. The monoisotopic (exact) mass is 270 g/mol. The highest BCUT2D eigenvalue weighted by Crippen LogP contribution is 2.30. The van der Waals surface area contributed by atoms with Crippen LogP contribution in [0.1, 0.15) is 40.5 Å². The highest BCUT2D eigenvalue weighted by molar-refractivity contribution is 6.03. The summed E-state index contributed by atoms with van der Waals surface area (Å²) in [6.45, 7) is 6.79. The second-order valence-corrected chi connectivity index (χ2v) is 5.80. The number of carboxylic acids is 1. The largest absolute Gasteiger partial charge is 0.549 e. The van der Waals surface area contributed by atoms with Crippen LogP contribution < -0.4 is 5.11 Å². The van der Waals surface area contributed by atoms with Crippen LogP contribution in [-0.4, -0.2) is 41.4 Å². The number of likely N-dealkylation sites (tertiary alicyclic amines) is 1. The number of carboxylic acid groups (broad SMARTS) is 1. The van der Waals surface area contributed by atoms with Crippen LogP contribution in [0, 0.1) is 5.41 Å². The van der Waals surface area contributed by atoms with Crippen molar-refractivity contribution in [1.82, 2.24) is 4.90 Å². The molecule has 0 spiro atoms. The Morgan fingerprint density at radius 3 is 2.42 bits per heavy atom. The van der Waals surface area contributed by atoms with E-state index in [4.69, 9.17) is 4.74 Å². The topological polar surface area (TPSA) is 86.7 Å². The van der Waals surface area contributed by atoms with Crippen LogP contribution in [-0.2, 0) is 14.3 Å². The Balaban J connectivity index is 2.88. The highest BCUT2D eigenvalue weighted by Gasteiger charge is 2.44. The molecule has 1 aliphatic heterocycles. The molecule has 19 heavy (non-hydrogen) atoms. The number of ether oxygens (including phenoxy) is 1. The molecule has 0 bridgehead atoms. The number of ketones is 1. The van der Waals surface area contributed by atoms with E-state index >= 15 is 0 Å².